The maximum atomic E-state index is 11.1. The third kappa shape index (κ3) is 2.81. The first-order valence-electron chi connectivity index (χ1n) is 4.26. The van der Waals surface area contributed by atoms with Crippen LogP contribution in [0.15, 0.2) is 0 Å². The van der Waals surface area contributed by atoms with Crippen LogP contribution in [0.25, 0.3) is 0 Å². The van der Waals surface area contributed by atoms with E-state index in [0.717, 1.165) is 6.42 Å². The molecule has 72 valence electrons. The van der Waals surface area contributed by atoms with Crippen molar-refractivity contribution in [3.05, 3.63) is 0 Å². The number of hydrogen-bond acceptors (Lipinski definition) is 3. The van der Waals surface area contributed by atoms with Crippen LogP contribution in [0.3, 0.4) is 0 Å². The van der Waals surface area contributed by atoms with Gasteiger partial charge in [-0.1, -0.05) is 13.3 Å². The molecule has 0 aromatic heterocycles. The summed E-state index contributed by atoms with van der Waals surface area (Å²) < 4.78 is 4.55. The molecule has 0 bridgehead atoms. The molecule has 0 fully saturated rings. The summed E-state index contributed by atoms with van der Waals surface area (Å²) in [7, 11) is 1.33. The van der Waals surface area contributed by atoms with Crippen LogP contribution in [0.5, 0.6) is 0 Å². The standard InChI is InChI=1S/C9H18O3/c1-5-6-9(3,11)7(2)8(10)12-4/h7,11H,5-6H2,1-4H3. The van der Waals surface area contributed by atoms with Crippen molar-refractivity contribution in [2.45, 2.75) is 39.2 Å². The summed E-state index contributed by atoms with van der Waals surface area (Å²) in [6.07, 6.45) is 1.47. The fourth-order valence-electron chi connectivity index (χ4n) is 1.15. The van der Waals surface area contributed by atoms with Crippen molar-refractivity contribution < 1.29 is 14.6 Å². The SMILES string of the molecule is CCCC(C)(O)C(C)C(=O)OC. The highest BCUT2D eigenvalue weighted by atomic mass is 16.5. The Morgan fingerprint density at radius 2 is 2.17 bits per heavy atom. The van der Waals surface area contributed by atoms with Gasteiger partial charge in [-0.3, -0.25) is 4.79 Å². The molecule has 0 aliphatic carbocycles. The third-order valence-corrected chi connectivity index (χ3v) is 2.24. The van der Waals surface area contributed by atoms with E-state index in [2.05, 4.69) is 4.74 Å². The van der Waals surface area contributed by atoms with Gasteiger partial charge >= 0.3 is 5.97 Å². The van der Waals surface area contributed by atoms with Gasteiger partial charge in [-0.05, 0) is 20.3 Å². The van der Waals surface area contributed by atoms with Crippen molar-refractivity contribution in [3.63, 3.8) is 0 Å². The van der Waals surface area contributed by atoms with E-state index in [1.165, 1.54) is 7.11 Å². The molecule has 2 atom stereocenters. The molecule has 0 saturated heterocycles. The molecule has 1 N–H and O–H groups in total. The smallest absolute Gasteiger partial charge is 0.311 e. The second-order valence-electron chi connectivity index (χ2n) is 3.35. The topological polar surface area (TPSA) is 46.5 Å². The lowest BCUT2D eigenvalue weighted by Crippen LogP contribution is -2.38. The molecule has 0 heterocycles. The van der Waals surface area contributed by atoms with E-state index in [-0.39, 0.29) is 5.97 Å². The number of hydrogen-bond donors (Lipinski definition) is 1. The first-order chi connectivity index (χ1) is 5.45. The first-order valence-corrected chi connectivity index (χ1v) is 4.26. The number of aliphatic hydroxyl groups is 1. The zero-order valence-electron chi connectivity index (χ0n) is 8.26. The third-order valence-electron chi connectivity index (χ3n) is 2.24. The number of ether oxygens (including phenoxy) is 1. The maximum absolute atomic E-state index is 11.1. The van der Waals surface area contributed by atoms with Crippen LogP contribution in [0.2, 0.25) is 0 Å². The molecule has 0 radical (unpaired) electrons. The Balaban J connectivity index is 4.23. The van der Waals surface area contributed by atoms with Crippen molar-refractivity contribution in [2.75, 3.05) is 7.11 Å². The molecule has 3 heteroatoms. The zero-order chi connectivity index (χ0) is 9.78. The molecule has 2 unspecified atom stereocenters. The van der Waals surface area contributed by atoms with Gasteiger partial charge in [0, 0.05) is 0 Å². The number of rotatable bonds is 4. The highest BCUT2D eigenvalue weighted by Crippen LogP contribution is 2.23. The fraction of sp³-hybridized carbons (Fsp3) is 0.889. The maximum Gasteiger partial charge on any atom is 0.311 e. The number of methoxy groups -OCH3 is 1. The van der Waals surface area contributed by atoms with E-state index >= 15 is 0 Å². The van der Waals surface area contributed by atoms with Crippen LogP contribution in [-0.4, -0.2) is 23.8 Å². The Morgan fingerprint density at radius 1 is 1.67 bits per heavy atom. The zero-order valence-corrected chi connectivity index (χ0v) is 8.26. The van der Waals surface area contributed by atoms with Crippen molar-refractivity contribution in [2.24, 2.45) is 5.92 Å². The lowest BCUT2D eigenvalue weighted by Gasteiger charge is -2.27. The summed E-state index contributed by atoms with van der Waals surface area (Å²) >= 11 is 0. The van der Waals surface area contributed by atoms with Gasteiger partial charge in [0.1, 0.15) is 0 Å². The summed E-state index contributed by atoms with van der Waals surface area (Å²) in [4.78, 5) is 11.1. The summed E-state index contributed by atoms with van der Waals surface area (Å²) in [5.74, 6) is -0.809. The van der Waals surface area contributed by atoms with Gasteiger partial charge < -0.3 is 9.84 Å². The lowest BCUT2D eigenvalue weighted by molar-refractivity contribution is -0.153. The Kier molecular flexibility index (Phi) is 4.24. The number of carbonyl (C=O) groups excluding carboxylic acids is 1. The van der Waals surface area contributed by atoms with Crippen molar-refractivity contribution in [3.8, 4) is 0 Å². The highest BCUT2D eigenvalue weighted by Gasteiger charge is 2.33. The van der Waals surface area contributed by atoms with E-state index in [9.17, 15) is 9.90 Å². The minimum Gasteiger partial charge on any atom is -0.469 e. The quantitative estimate of drug-likeness (QED) is 0.654. The Hall–Kier alpha value is -0.570. The van der Waals surface area contributed by atoms with Crippen LogP contribution >= 0.6 is 0 Å². The van der Waals surface area contributed by atoms with Gasteiger partial charge in [0.15, 0.2) is 0 Å². The Bertz CT molecular complexity index is 152. The average molecular weight is 174 g/mol. The van der Waals surface area contributed by atoms with Crippen LogP contribution in [0.4, 0.5) is 0 Å². The fourth-order valence-corrected chi connectivity index (χ4v) is 1.15. The molecule has 0 aromatic carbocycles. The van der Waals surface area contributed by atoms with Crippen LogP contribution < -0.4 is 0 Å². The molecule has 3 nitrogen and oxygen atoms in total. The second-order valence-corrected chi connectivity index (χ2v) is 3.35. The predicted molar refractivity (Wildman–Crippen MR) is 46.7 cm³/mol. The lowest BCUT2D eigenvalue weighted by atomic mass is 9.87. The number of carbonyl (C=O) groups is 1. The molecule has 0 rings (SSSR count). The van der Waals surface area contributed by atoms with Gasteiger partial charge in [0.05, 0.1) is 18.6 Å². The van der Waals surface area contributed by atoms with E-state index in [1.807, 2.05) is 6.92 Å². The van der Waals surface area contributed by atoms with Crippen LogP contribution in [-0.2, 0) is 9.53 Å². The second kappa shape index (κ2) is 4.45. The summed E-state index contributed by atoms with van der Waals surface area (Å²) in [5.41, 5.74) is -0.943. The van der Waals surface area contributed by atoms with E-state index in [4.69, 9.17) is 0 Å². The monoisotopic (exact) mass is 174 g/mol. The van der Waals surface area contributed by atoms with Crippen LogP contribution in [0.1, 0.15) is 33.6 Å². The average Bonchev–Trinajstić information content (AvgIpc) is 2.01. The normalized spacial score (nSPS) is 18.1. The molecular weight excluding hydrogens is 156 g/mol. The Labute approximate surface area is 73.7 Å². The molecule has 12 heavy (non-hydrogen) atoms. The van der Waals surface area contributed by atoms with E-state index in [0.29, 0.717) is 6.42 Å². The van der Waals surface area contributed by atoms with E-state index in [1.54, 1.807) is 13.8 Å². The molecule has 0 spiro atoms. The minimum absolute atomic E-state index is 0.353. The highest BCUT2D eigenvalue weighted by molar-refractivity contribution is 5.73. The van der Waals surface area contributed by atoms with Gasteiger partial charge in [0.25, 0.3) is 0 Å². The summed E-state index contributed by atoms with van der Waals surface area (Å²) in [5, 5.41) is 9.78. The van der Waals surface area contributed by atoms with Gasteiger partial charge in [-0.25, -0.2) is 0 Å². The molecule has 0 aromatic rings. The summed E-state index contributed by atoms with van der Waals surface area (Å²) in [6.45, 7) is 5.32. The minimum atomic E-state index is -0.943. The van der Waals surface area contributed by atoms with Gasteiger partial charge in [-0.2, -0.15) is 0 Å². The number of esters is 1. The van der Waals surface area contributed by atoms with Crippen molar-refractivity contribution >= 4 is 5.97 Å². The van der Waals surface area contributed by atoms with Crippen molar-refractivity contribution in [1.29, 1.82) is 0 Å². The summed E-state index contributed by atoms with van der Waals surface area (Å²) in [6, 6.07) is 0. The Morgan fingerprint density at radius 3 is 2.50 bits per heavy atom. The van der Waals surface area contributed by atoms with Gasteiger partial charge in [-0.15, -0.1) is 0 Å². The molecule has 0 aliphatic rings. The first kappa shape index (κ1) is 11.4. The van der Waals surface area contributed by atoms with Gasteiger partial charge in [0.2, 0.25) is 0 Å². The molecule has 0 saturated carbocycles. The molecular formula is C9H18O3. The largest absolute Gasteiger partial charge is 0.469 e. The molecule has 0 aliphatic heterocycles. The van der Waals surface area contributed by atoms with E-state index < -0.39 is 11.5 Å². The van der Waals surface area contributed by atoms with Crippen molar-refractivity contribution in [1.82, 2.24) is 0 Å². The molecule has 0 amide bonds. The predicted octanol–water partition coefficient (Wildman–Crippen LogP) is 1.35. The van der Waals surface area contributed by atoms with Crippen LogP contribution in [0, 0.1) is 5.92 Å².